The van der Waals surface area contributed by atoms with Crippen LogP contribution in [-0.2, 0) is 10.1 Å². The molecule has 14 heteroatoms. The summed E-state index contributed by atoms with van der Waals surface area (Å²) in [4.78, 5) is 31.5. The number of carbonyl (C=O) groups excluding carboxylic acids is 1. The third-order valence-electron chi connectivity index (χ3n) is 7.61. The van der Waals surface area contributed by atoms with E-state index in [1.807, 2.05) is 19.9 Å². The first-order chi connectivity index (χ1) is 21.2. The highest BCUT2D eigenvalue weighted by Gasteiger charge is 2.49. The van der Waals surface area contributed by atoms with Gasteiger partial charge in [-0.2, -0.15) is 21.6 Å². The zero-order chi connectivity index (χ0) is 32.7. The van der Waals surface area contributed by atoms with Gasteiger partial charge in [0.25, 0.3) is 0 Å². The molecule has 45 heavy (non-hydrogen) atoms. The lowest BCUT2D eigenvalue weighted by Gasteiger charge is -2.29. The van der Waals surface area contributed by atoms with Crippen molar-refractivity contribution in [3.05, 3.63) is 80.9 Å². The number of hydrogen-bond donors (Lipinski definition) is 1. The Labute approximate surface area is 256 Å². The molecule has 4 aromatic rings. The monoisotopic (exact) mass is 647 g/mol. The van der Waals surface area contributed by atoms with Crippen molar-refractivity contribution in [2.24, 2.45) is 0 Å². The summed E-state index contributed by atoms with van der Waals surface area (Å²) in [6.45, 7) is 6.97. The number of anilines is 2. The molecule has 1 atom stereocenters. The van der Waals surface area contributed by atoms with Crippen LogP contribution < -0.4 is 19.8 Å². The van der Waals surface area contributed by atoms with E-state index in [0.29, 0.717) is 33.7 Å². The Kier molecular flexibility index (Phi) is 8.62. The van der Waals surface area contributed by atoms with Crippen LogP contribution in [0.15, 0.2) is 51.8 Å². The number of aromatic nitrogens is 1. The molecule has 1 aliphatic heterocycles. The molecule has 0 amide bonds. The van der Waals surface area contributed by atoms with Crippen molar-refractivity contribution in [3.63, 3.8) is 0 Å². The minimum atomic E-state index is -6.24. The molecule has 0 bridgehead atoms. The van der Waals surface area contributed by atoms with E-state index in [-0.39, 0.29) is 23.0 Å². The van der Waals surface area contributed by atoms with Gasteiger partial charge in [-0.15, -0.1) is 0 Å². The number of aldehydes is 1. The van der Waals surface area contributed by atoms with Crippen LogP contribution >= 0.6 is 0 Å². The average molecular weight is 648 g/mol. The van der Waals surface area contributed by atoms with Crippen LogP contribution in [0.3, 0.4) is 0 Å². The lowest BCUT2D eigenvalue weighted by Crippen LogP contribution is -2.31. The van der Waals surface area contributed by atoms with Gasteiger partial charge in [0.15, 0.2) is 23.3 Å². The Bertz CT molecular complexity index is 1950. The van der Waals surface area contributed by atoms with Crippen LogP contribution in [0.4, 0.5) is 29.1 Å². The van der Waals surface area contributed by atoms with Gasteiger partial charge in [-0.25, -0.2) is 4.39 Å². The van der Waals surface area contributed by atoms with E-state index in [2.05, 4.69) is 19.4 Å². The van der Waals surface area contributed by atoms with Crippen molar-refractivity contribution >= 4 is 38.9 Å². The van der Waals surface area contributed by atoms with Crippen LogP contribution in [0.5, 0.6) is 5.75 Å². The second-order valence-electron chi connectivity index (χ2n) is 10.9. The third-order valence-corrected chi connectivity index (χ3v) is 8.56. The highest BCUT2D eigenvalue weighted by molar-refractivity contribution is 7.88. The SMILES string of the molecule is Cc1cc(C(C)Nc2cccnc2-c2cc(F)c(OS(=O)(=O)C(F)(F)F)c(C=O)c2)c2oc(N3CCCCC3)c(C)c(=O)c2c1. The summed E-state index contributed by atoms with van der Waals surface area (Å²) in [5.74, 6) is -2.37. The molecule has 0 radical (unpaired) electrons. The molecule has 1 unspecified atom stereocenters. The predicted molar refractivity (Wildman–Crippen MR) is 161 cm³/mol. The number of halogens is 4. The predicted octanol–water partition coefficient (Wildman–Crippen LogP) is 6.82. The number of rotatable bonds is 8. The zero-order valence-corrected chi connectivity index (χ0v) is 25.3. The summed E-state index contributed by atoms with van der Waals surface area (Å²) in [6.07, 6.45) is 4.45. The van der Waals surface area contributed by atoms with Crippen molar-refractivity contribution < 1.29 is 39.4 Å². The molecule has 1 saturated heterocycles. The number of nitrogens with zero attached hydrogens (tertiary/aromatic N) is 2. The zero-order valence-electron chi connectivity index (χ0n) is 24.5. The van der Waals surface area contributed by atoms with E-state index in [1.54, 1.807) is 25.1 Å². The molecule has 1 N–H and O–H groups in total. The topological polar surface area (TPSA) is 119 Å². The van der Waals surface area contributed by atoms with Crippen LogP contribution in [0.2, 0.25) is 0 Å². The summed E-state index contributed by atoms with van der Waals surface area (Å²) in [5, 5.41) is 3.70. The van der Waals surface area contributed by atoms with Gasteiger partial charge in [-0.1, -0.05) is 6.07 Å². The maximum absolute atomic E-state index is 15.0. The number of pyridine rings is 1. The first kappa shape index (κ1) is 31.9. The van der Waals surface area contributed by atoms with Gasteiger partial charge in [0.1, 0.15) is 5.58 Å². The molecule has 0 aliphatic carbocycles. The molecule has 9 nitrogen and oxygen atoms in total. The number of alkyl halides is 3. The number of hydrogen-bond acceptors (Lipinski definition) is 9. The lowest BCUT2D eigenvalue weighted by molar-refractivity contribution is -0.0501. The summed E-state index contributed by atoms with van der Waals surface area (Å²) >= 11 is 0. The lowest BCUT2D eigenvalue weighted by atomic mass is 9.99. The van der Waals surface area contributed by atoms with Crippen molar-refractivity contribution in [3.8, 4) is 17.0 Å². The van der Waals surface area contributed by atoms with E-state index >= 15 is 4.39 Å². The largest absolute Gasteiger partial charge is 0.534 e. The maximum Gasteiger partial charge on any atom is 0.534 e. The van der Waals surface area contributed by atoms with E-state index in [1.165, 1.54) is 6.20 Å². The second kappa shape index (κ2) is 12.1. The van der Waals surface area contributed by atoms with Gasteiger partial charge in [-0.3, -0.25) is 14.6 Å². The number of nitrogens with one attached hydrogen (secondary N) is 1. The molecular formula is C31H29F4N3O6S. The van der Waals surface area contributed by atoms with Crippen LogP contribution in [0.25, 0.3) is 22.2 Å². The summed E-state index contributed by atoms with van der Waals surface area (Å²) in [6, 6.07) is 8.05. The summed E-state index contributed by atoms with van der Waals surface area (Å²) in [5.41, 5.74) is -3.91. The molecular weight excluding hydrogens is 618 g/mol. The standard InChI is InChI=1S/C31H29F4N3O6S/c1-17-12-22(29-23(13-17)27(40)18(2)30(43-29)38-10-5-4-6-11-38)19(3)37-25-8-7-9-36-26(25)20-14-21(16-39)28(24(32)15-20)44-45(41,42)31(33,34)35/h7-9,12-16,19,37H,4-6,10-11H2,1-3H3. The molecule has 2 aromatic heterocycles. The fourth-order valence-corrected chi connectivity index (χ4v) is 5.91. The molecule has 0 saturated carbocycles. The number of benzene rings is 2. The van der Waals surface area contributed by atoms with Crippen molar-refractivity contribution in [1.82, 2.24) is 4.98 Å². The second-order valence-corrected chi connectivity index (χ2v) is 12.4. The van der Waals surface area contributed by atoms with E-state index in [9.17, 15) is 31.2 Å². The third kappa shape index (κ3) is 6.23. The fraction of sp³-hybridized carbons (Fsp3) is 0.323. The van der Waals surface area contributed by atoms with Crippen molar-refractivity contribution in [2.45, 2.75) is 51.6 Å². The number of piperidine rings is 1. The van der Waals surface area contributed by atoms with E-state index in [4.69, 9.17) is 4.42 Å². The Morgan fingerprint density at radius 1 is 1.11 bits per heavy atom. The highest BCUT2D eigenvalue weighted by atomic mass is 32.2. The molecule has 5 rings (SSSR count). The Hall–Kier alpha value is -4.46. The molecule has 2 aromatic carbocycles. The highest BCUT2D eigenvalue weighted by Crippen LogP contribution is 2.37. The van der Waals surface area contributed by atoms with E-state index < -0.39 is 38.8 Å². The number of carbonyl (C=O) groups is 1. The van der Waals surface area contributed by atoms with Gasteiger partial charge in [0.05, 0.1) is 33.9 Å². The maximum atomic E-state index is 15.0. The van der Waals surface area contributed by atoms with Gasteiger partial charge < -0.3 is 18.8 Å². The first-order valence-electron chi connectivity index (χ1n) is 14.1. The van der Waals surface area contributed by atoms with Gasteiger partial charge >= 0.3 is 15.6 Å². The van der Waals surface area contributed by atoms with E-state index in [0.717, 1.165) is 50.0 Å². The van der Waals surface area contributed by atoms with Gasteiger partial charge in [0.2, 0.25) is 5.88 Å². The first-order valence-corrected chi connectivity index (χ1v) is 15.5. The molecule has 1 fully saturated rings. The van der Waals surface area contributed by atoms with Crippen molar-refractivity contribution in [2.75, 3.05) is 23.3 Å². The molecule has 0 spiro atoms. The van der Waals surface area contributed by atoms with Crippen LogP contribution in [0, 0.1) is 19.7 Å². The Morgan fingerprint density at radius 2 is 1.82 bits per heavy atom. The summed E-state index contributed by atoms with van der Waals surface area (Å²) < 4.78 is 87.0. The Balaban J connectivity index is 1.55. The fourth-order valence-electron chi connectivity index (χ4n) is 5.42. The van der Waals surface area contributed by atoms with Gasteiger partial charge in [0, 0.05) is 30.4 Å². The normalized spacial score (nSPS) is 14.8. The minimum Gasteiger partial charge on any atom is -0.440 e. The molecule has 238 valence electrons. The average Bonchev–Trinajstić information content (AvgIpc) is 2.99. The number of aryl methyl sites for hydroxylation is 1. The van der Waals surface area contributed by atoms with Gasteiger partial charge in [-0.05, 0) is 75.9 Å². The van der Waals surface area contributed by atoms with Crippen LogP contribution in [0.1, 0.15) is 59.3 Å². The summed E-state index contributed by atoms with van der Waals surface area (Å²) in [7, 11) is -6.24. The Morgan fingerprint density at radius 3 is 2.49 bits per heavy atom. The number of fused-ring (bicyclic) bond motifs is 1. The quantitative estimate of drug-likeness (QED) is 0.0952. The smallest absolute Gasteiger partial charge is 0.440 e. The van der Waals surface area contributed by atoms with Crippen molar-refractivity contribution in [1.29, 1.82) is 0 Å². The van der Waals surface area contributed by atoms with Crippen LogP contribution in [-0.4, -0.2) is 38.3 Å². The molecule has 1 aliphatic rings. The minimum absolute atomic E-state index is 0.0186. The molecule has 3 heterocycles.